The summed E-state index contributed by atoms with van der Waals surface area (Å²) in [5.41, 5.74) is 3.70. The molecular formula is C24H28N2O4. The molecule has 2 amide bonds. The maximum atomic E-state index is 12.4. The normalized spacial score (nSPS) is 16.5. The fourth-order valence-corrected chi connectivity index (χ4v) is 3.34. The summed E-state index contributed by atoms with van der Waals surface area (Å²) in [5, 5.41) is 2.72. The van der Waals surface area contributed by atoms with Crippen LogP contribution in [0.4, 0.5) is 11.4 Å². The zero-order valence-electron chi connectivity index (χ0n) is 17.9. The summed E-state index contributed by atoms with van der Waals surface area (Å²) in [6.07, 6.45) is 0.0859. The SMILES string of the molecule is Cc1ccc(N2C[C@@H](C(=O)OCC(=O)Nc3ccc(C(C)(C)C)cc3)CC2=O)cc1. The zero-order chi connectivity index (χ0) is 21.9. The summed E-state index contributed by atoms with van der Waals surface area (Å²) in [7, 11) is 0. The number of anilines is 2. The Kier molecular flexibility index (Phi) is 6.25. The number of hydrogen-bond acceptors (Lipinski definition) is 4. The third-order valence-corrected chi connectivity index (χ3v) is 5.18. The van der Waals surface area contributed by atoms with Crippen LogP contribution in [0.15, 0.2) is 48.5 Å². The molecule has 2 aromatic carbocycles. The summed E-state index contributed by atoms with van der Waals surface area (Å²) in [5.74, 6) is -1.63. The first-order valence-corrected chi connectivity index (χ1v) is 10.1. The number of amides is 2. The lowest BCUT2D eigenvalue weighted by Crippen LogP contribution is -2.28. The van der Waals surface area contributed by atoms with Crippen molar-refractivity contribution in [3.63, 3.8) is 0 Å². The smallest absolute Gasteiger partial charge is 0.311 e. The average molecular weight is 408 g/mol. The number of benzene rings is 2. The molecule has 1 saturated heterocycles. The maximum Gasteiger partial charge on any atom is 0.311 e. The molecule has 1 N–H and O–H groups in total. The van der Waals surface area contributed by atoms with Crippen molar-refractivity contribution in [1.29, 1.82) is 0 Å². The largest absolute Gasteiger partial charge is 0.455 e. The van der Waals surface area contributed by atoms with Crippen LogP contribution in [-0.4, -0.2) is 30.9 Å². The van der Waals surface area contributed by atoms with E-state index in [0.717, 1.165) is 16.8 Å². The third kappa shape index (κ3) is 5.26. The molecule has 2 aromatic rings. The lowest BCUT2D eigenvalue weighted by atomic mass is 9.87. The standard InChI is InChI=1S/C24H28N2O4/c1-16-5-11-20(12-6-16)26-14-17(13-22(26)28)23(29)30-15-21(27)25-19-9-7-18(8-10-19)24(2,3)4/h5-12,17H,13-15H2,1-4H3,(H,25,27)/t17-/m0/s1. The lowest BCUT2D eigenvalue weighted by Gasteiger charge is -2.19. The number of aryl methyl sites for hydroxylation is 1. The Labute approximate surface area is 177 Å². The number of nitrogens with zero attached hydrogens (tertiary/aromatic N) is 1. The van der Waals surface area contributed by atoms with Crippen molar-refractivity contribution >= 4 is 29.2 Å². The predicted octanol–water partition coefficient (Wildman–Crippen LogP) is 3.83. The minimum absolute atomic E-state index is 0.0310. The van der Waals surface area contributed by atoms with Crippen LogP contribution in [0.2, 0.25) is 0 Å². The van der Waals surface area contributed by atoms with Crippen LogP contribution < -0.4 is 10.2 Å². The van der Waals surface area contributed by atoms with Crippen molar-refractivity contribution in [2.45, 2.75) is 39.5 Å². The quantitative estimate of drug-likeness (QED) is 0.763. The van der Waals surface area contributed by atoms with Crippen molar-refractivity contribution in [3.8, 4) is 0 Å². The molecule has 1 aliphatic rings. The van der Waals surface area contributed by atoms with Gasteiger partial charge < -0.3 is 15.0 Å². The molecule has 6 nitrogen and oxygen atoms in total. The number of carbonyl (C=O) groups excluding carboxylic acids is 3. The van der Waals surface area contributed by atoms with Gasteiger partial charge in [0.15, 0.2) is 6.61 Å². The molecule has 1 atom stereocenters. The first-order valence-electron chi connectivity index (χ1n) is 10.1. The molecule has 0 bridgehead atoms. The van der Waals surface area contributed by atoms with Gasteiger partial charge in [-0.25, -0.2) is 0 Å². The molecule has 1 fully saturated rings. The van der Waals surface area contributed by atoms with E-state index < -0.39 is 17.8 Å². The monoisotopic (exact) mass is 408 g/mol. The second-order valence-electron chi connectivity index (χ2n) is 8.72. The van der Waals surface area contributed by atoms with Crippen molar-refractivity contribution < 1.29 is 19.1 Å². The molecule has 0 radical (unpaired) electrons. The van der Waals surface area contributed by atoms with Gasteiger partial charge in [-0.2, -0.15) is 0 Å². The first kappa shape index (κ1) is 21.6. The molecule has 0 aromatic heterocycles. The highest BCUT2D eigenvalue weighted by Gasteiger charge is 2.36. The number of esters is 1. The summed E-state index contributed by atoms with van der Waals surface area (Å²) in [6, 6.07) is 15.2. The number of rotatable bonds is 5. The number of nitrogens with one attached hydrogen (secondary N) is 1. The lowest BCUT2D eigenvalue weighted by molar-refractivity contribution is -0.151. The van der Waals surface area contributed by atoms with Gasteiger partial charge in [0.05, 0.1) is 5.92 Å². The minimum Gasteiger partial charge on any atom is -0.455 e. The minimum atomic E-state index is -0.572. The topological polar surface area (TPSA) is 75.7 Å². The fourth-order valence-electron chi connectivity index (χ4n) is 3.34. The summed E-state index contributed by atoms with van der Waals surface area (Å²) in [4.78, 5) is 38.4. The van der Waals surface area contributed by atoms with E-state index in [2.05, 4.69) is 26.1 Å². The molecule has 1 aliphatic heterocycles. The van der Waals surface area contributed by atoms with E-state index in [1.54, 1.807) is 4.90 Å². The molecule has 3 rings (SSSR count). The van der Waals surface area contributed by atoms with Crippen LogP contribution in [0.5, 0.6) is 0 Å². The molecular weight excluding hydrogens is 380 g/mol. The highest BCUT2D eigenvalue weighted by atomic mass is 16.5. The first-order chi connectivity index (χ1) is 14.1. The van der Waals surface area contributed by atoms with E-state index >= 15 is 0 Å². The van der Waals surface area contributed by atoms with Crippen LogP contribution in [0, 0.1) is 12.8 Å². The fraction of sp³-hybridized carbons (Fsp3) is 0.375. The molecule has 0 saturated carbocycles. The Morgan fingerprint density at radius 1 is 1.07 bits per heavy atom. The zero-order valence-corrected chi connectivity index (χ0v) is 17.9. The van der Waals surface area contributed by atoms with Gasteiger partial charge in [0.2, 0.25) is 5.91 Å². The van der Waals surface area contributed by atoms with Gasteiger partial charge in [0, 0.05) is 24.3 Å². The van der Waals surface area contributed by atoms with E-state index in [-0.39, 0.29) is 30.9 Å². The van der Waals surface area contributed by atoms with Crippen LogP contribution in [0.1, 0.15) is 38.3 Å². The van der Waals surface area contributed by atoms with Gasteiger partial charge in [-0.1, -0.05) is 50.6 Å². The molecule has 0 spiro atoms. The van der Waals surface area contributed by atoms with E-state index in [1.807, 2.05) is 55.5 Å². The van der Waals surface area contributed by atoms with Crippen molar-refractivity contribution in [2.24, 2.45) is 5.92 Å². The van der Waals surface area contributed by atoms with Crippen LogP contribution >= 0.6 is 0 Å². The Morgan fingerprint density at radius 3 is 2.30 bits per heavy atom. The summed E-state index contributed by atoms with van der Waals surface area (Å²) < 4.78 is 5.16. The Bertz CT molecular complexity index is 927. The van der Waals surface area contributed by atoms with Crippen molar-refractivity contribution in [3.05, 3.63) is 59.7 Å². The van der Waals surface area contributed by atoms with Gasteiger partial charge in [0.25, 0.3) is 5.91 Å². The number of hydrogen-bond donors (Lipinski definition) is 1. The Morgan fingerprint density at radius 2 is 1.70 bits per heavy atom. The van der Waals surface area contributed by atoms with E-state index in [1.165, 1.54) is 0 Å². The van der Waals surface area contributed by atoms with E-state index in [0.29, 0.717) is 5.69 Å². The average Bonchev–Trinajstić information content (AvgIpc) is 3.08. The number of carbonyl (C=O) groups is 3. The van der Waals surface area contributed by atoms with E-state index in [4.69, 9.17) is 4.74 Å². The molecule has 0 unspecified atom stereocenters. The second-order valence-corrected chi connectivity index (χ2v) is 8.72. The van der Waals surface area contributed by atoms with Gasteiger partial charge in [-0.3, -0.25) is 14.4 Å². The Hall–Kier alpha value is -3.15. The van der Waals surface area contributed by atoms with Crippen LogP contribution in [0.3, 0.4) is 0 Å². The number of ether oxygens (including phenoxy) is 1. The molecule has 158 valence electrons. The summed E-state index contributed by atoms with van der Waals surface area (Å²) >= 11 is 0. The maximum absolute atomic E-state index is 12.4. The van der Waals surface area contributed by atoms with Gasteiger partial charge in [-0.15, -0.1) is 0 Å². The molecule has 6 heteroatoms. The van der Waals surface area contributed by atoms with Crippen molar-refractivity contribution in [2.75, 3.05) is 23.4 Å². The summed E-state index contributed by atoms with van der Waals surface area (Å²) in [6.45, 7) is 8.21. The third-order valence-electron chi connectivity index (χ3n) is 5.18. The van der Waals surface area contributed by atoms with Crippen LogP contribution in [0.25, 0.3) is 0 Å². The Balaban J connectivity index is 1.50. The second kappa shape index (κ2) is 8.69. The van der Waals surface area contributed by atoms with Gasteiger partial charge in [-0.05, 0) is 42.2 Å². The predicted molar refractivity (Wildman–Crippen MR) is 116 cm³/mol. The molecule has 1 heterocycles. The highest BCUT2D eigenvalue weighted by molar-refractivity contribution is 6.00. The van der Waals surface area contributed by atoms with Crippen molar-refractivity contribution in [1.82, 2.24) is 0 Å². The molecule has 30 heavy (non-hydrogen) atoms. The van der Waals surface area contributed by atoms with E-state index in [9.17, 15) is 14.4 Å². The molecule has 0 aliphatic carbocycles. The highest BCUT2D eigenvalue weighted by Crippen LogP contribution is 2.26. The van der Waals surface area contributed by atoms with Crippen LogP contribution in [-0.2, 0) is 24.5 Å². The van der Waals surface area contributed by atoms with Gasteiger partial charge >= 0.3 is 5.97 Å². The van der Waals surface area contributed by atoms with Gasteiger partial charge in [0.1, 0.15) is 0 Å².